The molecular formula is C31H42N2O5. The number of hydrogen-bond acceptors (Lipinski definition) is 5. The molecule has 206 valence electrons. The van der Waals surface area contributed by atoms with Gasteiger partial charge < -0.3 is 14.3 Å². The van der Waals surface area contributed by atoms with Gasteiger partial charge in [0.2, 0.25) is 5.89 Å². The highest BCUT2D eigenvalue weighted by Crippen LogP contribution is 2.21. The normalized spacial score (nSPS) is 18.4. The maximum absolute atomic E-state index is 12.4. The molecular weight excluding hydrogens is 480 g/mol. The lowest BCUT2D eigenvalue weighted by molar-refractivity contribution is -0.152. The van der Waals surface area contributed by atoms with Crippen molar-refractivity contribution in [2.75, 3.05) is 0 Å². The van der Waals surface area contributed by atoms with Crippen molar-refractivity contribution in [3.63, 3.8) is 0 Å². The first-order valence-electron chi connectivity index (χ1n) is 13.5. The molecule has 1 aliphatic rings. The summed E-state index contributed by atoms with van der Waals surface area (Å²) in [7, 11) is 0. The highest BCUT2D eigenvalue weighted by Gasteiger charge is 2.29. The van der Waals surface area contributed by atoms with E-state index in [1.807, 2.05) is 32.9 Å². The molecule has 7 heteroatoms. The third-order valence-corrected chi connectivity index (χ3v) is 6.11. The number of rotatable bonds is 10. The van der Waals surface area contributed by atoms with Crippen molar-refractivity contribution >= 4 is 5.97 Å². The Morgan fingerprint density at radius 3 is 2.55 bits per heavy atom. The molecule has 0 atom stereocenters. The summed E-state index contributed by atoms with van der Waals surface area (Å²) in [6.07, 6.45) is 15.7. The second kappa shape index (κ2) is 15.0. The summed E-state index contributed by atoms with van der Waals surface area (Å²) in [6.45, 7) is 11.6. The van der Waals surface area contributed by atoms with Crippen molar-refractivity contribution in [3.05, 3.63) is 93.4 Å². The molecule has 0 radical (unpaired) electrons. The predicted octanol–water partition coefficient (Wildman–Crippen LogP) is 6.84. The zero-order valence-corrected chi connectivity index (χ0v) is 23.6. The van der Waals surface area contributed by atoms with Crippen molar-refractivity contribution < 1.29 is 19.1 Å². The molecule has 0 saturated heterocycles. The molecule has 1 aromatic carbocycles. The summed E-state index contributed by atoms with van der Waals surface area (Å²) in [6, 6.07) is 7.37. The fourth-order valence-corrected chi connectivity index (χ4v) is 3.93. The fourth-order valence-electron chi connectivity index (χ4n) is 3.93. The van der Waals surface area contributed by atoms with E-state index in [4.69, 9.17) is 9.15 Å². The summed E-state index contributed by atoms with van der Waals surface area (Å²) in [5, 5.41) is 13.6. The summed E-state index contributed by atoms with van der Waals surface area (Å²) in [4.78, 5) is 23.6. The first kappa shape index (κ1) is 30.6. The summed E-state index contributed by atoms with van der Waals surface area (Å²) < 4.78 is 12.4. The number of ether oxygens (including phenoxy) is 1. The maximum atomic E-state index is 12.4. The van der Waals surface area contributed by atoms with Crippen LogP contribution in [0.15, 0.2) is 80.6 Å². The van der Waals surface area contributed by atoms with Gasteiger partial charge in [-0.1, -0.05) is 56.4 Å². The standard InChI is InChI=1S/C29H36N2O5.C2H6/c1-5-9-24-12-7-6-10-23(15-14-21(24)2)20-31-28(34)35-26(30-31)13-8-11-22-16-18-25(19-17-22)36-29(3,4)27(32)33;1-2/h5,9,12,14-19H,6-8,10-11,13,20H2,1-4H3,(H,32,33);1-2H3/b9-5-,21-14-,23-15+,24-12-;. The van der Waals surface area contributed by atoms with Crippen LogP contribution in [0.4, 0.5) is 0 Å². The lowest BCUT2D eigenvalue weighted by Crippen LogP contribution is -2.37. The molecule has 0 fully saturated rings. The van der Waals surface area contributed by atoms with Gasteiger partial charge in [-0.15, -0.1) is 5.10 Å². The zero-order valence-electron chi connectivity index (χ0n) is 23.6. The molecule has 0 bridgehead atoms. The van der Waals surface area contributed by atoms with Gasteiger partial charge >= 0.3 is 11.7 Å². The highest BCUT2D eigenvalue weighted by molar-refractivity contribution is 5.76. The molecule has 0 saturated carbocycles. The van der Waals surface area contributed by atoms with Crippen LogP contribution in [0.5, 0.6) is 5.75 Å². The number of aryl methyl sites for hydroxylation is 2. The Morgan fingerprint density at radius 2 is 1.89 bits per heavy atom. The molecule has 0 unspecified atom stereocenters. The number of benzene rings is 1. The molecule has 3 rings (SSSR count). The quantitative estimate of drug-likeness (QED) is 0.367. The Labute approximate surface area is 226 Å². The second-order valence-corrected chi connectivity index (χ2v) is 9.56. The molecule has 1 aromatic heterocycles. The summed E-state index contributed by atoms with van der Waals surface area (Å²) in [5.41, 5.74) is 3.39. The van der Waals surface area contributed by atoms with Crippen molar-refractivity contribution in [1.29, 1.82) is 0 Å². The van der Waals surface area contributed by atoms with E-state index < -0.39 is 17.3 Å². The van der Waals surface area contributed by atoms with Crippen LogP contribution in [-0.2, 0) is 24.2 Å². The monoisotopic (exact) mass is 522 g/mol. The minimum absolute atomic E-state index is 0.429. The van der Waals surface area contributed by atoms with Gasteiger partial charge in [0.25, 0.3) is 0 Å². The average molecular weight is 523 g/mol. The Balaban J connectivity index is 0.00000247. The molecule has 2 aromatic rings. The van der Waals surface area contributed by atoms with E-state index in [1.165, 1.54) is 29.7 Å². The number of allylic oxidation sites excluding steroid dienone is 8. The van der Waals surface area contributed by atoms with Gasteiger partial charge in [-0.2, -0.15) is 4.68 Å². The first-order chi connectivity index (χ1) is 18.2. The zero-order chi connectivity index (χ0) is 28.1. The molecule has 7 nitrogen and oxygen atoms in total. The van der Waals surface area contributed by atoms with E-state index in [1.54, 1.807) is 12.1 Å². The number of carboxylic acid groups (broad SMARTS) is 1. The van der Waals surface area contributed by atoms with Crippen LogP contribution in [0.1, 0.15) is 78.7 Å². The van der Waals surface area contributed by atoms with Crippen LogP contribution < -0.4 is 10.5 Å². The van der Waals surface area contributed by atoms with E-state index in [2.05, 4.69) is 42.4 Å². The molecule has 0 amide bonds. The van der Waals surface area contributed by atoms with Gasteiger partial charge in [-0.05, 0) is 94.2 Å². The Morgan fingerprint density at radius 1 is 1.18 bits per heavy atom. The Hall–Kier alpha value is -3.61. The number of aromatic nitrogens is 2. The van der Waals surface area contributed by atoms with Gasteiger partial charge in [0.05, 0.1) is 6.54 Å². The molecule has 1 aliphatic carbocycles. The largest absolute Gasteiger partial charge is 0.478 e. The predicted molar refractivity (Wildman–Crippen MR) is 152 cm³/mol. The van der Waals surface area contributed by atoms with Crippen LogP contribution in [0.25, 0.3) is 0 Å². The highest BCUT2D eigenvalue weighted by atomic mass is 16.5. The SMILES string of the molecule is CC.C\C=C/C1=C/CCC\C(Cn2nc(CCCc3ccc(OC(C)(C)C(=O)O)cc3)oc2=O)=C/C=C\1C. The number of carboxylic acids is 1. The molecule has 1 N–H and O–H groups in total. The van der Waals surface area contributed by atoms with E-state index >= 15 is 0 Å². The van der Waals surface area contributed by atoms with Gasteiger partial charge in [0.15, 0.2) is 5.60 Å². The first-order valence-corrected chi connectivity index (χ1v) is 13.5. The number of hydrogen-bond donors (Lipinski definition) is 1. The third kappa shape index (κ3) is 9.36. The fraction of sp³-hybridized carbons (Fsp3) is 0.452. The molecule has 38 heavy (non-hydrogen) atoms. The second-order valence-electron chi connectivity index (χ2n) is 9.56. The Bertz CT molecular complexity index is 1220. The number of nitrogens with zero attached hydrogens (tertiary/aromatic N) is 2. The minimum Gasteiger partial charge on any atom is -0.478 e. The van der Waals surface area contributed by atoms with Gasteiger partial charge in [0.1, 0.15) is 5.75 Å². The Kier molecular flexibility index (Phi) is 12.1. The van der Waals surface area contributed by atoms with Crippen LogP contribution in [0.3, 0.4) is 0 Å². The van der Waals surface area contributed by atoms with Gasteiger partial charge in [-0.3, -0.25) is 0 Å². The molecule has 1 heterocycles. The van der Waals surface area contributed by atoms with Crippen LogP contribution in [0, 0.1) is 0 Å². The van der Waals surface area contributed by atoms with E-state index in [0.717, 1.165) is 43.2 Å². The number of aliphatic carboxylic acids is 1. The van der Waals surface area contributed by atoms with Crippen molar-refractivity contribution in [2.24, 2.45) is 0 Å². The summed E-state index contributed by atoms with van der Waals surface area (Å²) in [5.74, 6) is -0.498. The van der Waals surface area contributed by atoms with E-state index in [-0.39, 0.29) is 0 Å². The van der Waals surface area contributed by atoms with Gasteiger partial charge in [-0.25, -0.2) is 9.59 Å². The van der Waals surface area contributed by atoms with Crippen LogP contribution in [0.2, 0.25) is 0 Å². The minimum atomic E-state index is -1.29. The van der Waals surface area contributed by atoms with Crippen LogP contribution >= 0.6 is 0 Å². The van der Waals surface area contributed by atoms with Crippen molar-refractivity contribution in [3.8, 4) is 5.75 Å². The van der Waals surface area contributed by atoms with E-state index in [9.17, 15) is 14.7 Å². The van der Waals surface area contributed by atoms with Crippen LogP contribution in [-0.4, -0.2) is 26.5 Å². The topological polar surface area (TPSA) is 94.6 Å². The third-order valence-electron chi connectivity index (χ3n) is 6.11. The maximum Gasteiger partial charge on any atom is 0.437 e. The van der Waals surface area contributed by atoms with E-state index in [0.29, 0.717) is 24.6 Å². The lowest BCUT2D eigenvalue weighted by atomic mass is 10.1. The molecule has 0 aliphatic heterocycles. The lowest BCUT2D eigenvalue weighted by Gasteiger charge is -2.21. The smallest absolute Gasteiger partial charge is 0.437 e. The molecule has 0 spiro atoms. The average Bonchev–Trinajstić information content (AvgIpc) is 3.27. The van der Waals surface area contributed by atoms with Gasteiger partial charge in [0, 0.05) is 6.42 Å². The van der Waals surface area contributed by atoms with Crippen molar-refractivity contribution in [1.82, 2.24) is 9.78 Å². The van der Waals surface area contributed by atoms with Crippen molar-refractivity contribution in [2.45, 2.75) is 92.2 Å². The summed E-state index contributed by atoms with van der Waals surface area (Å²) >= 11 is 0. The number of carbonyl (C=O) groups is 1.